The molecule has 6 nitrogen and oxygen atoms in total. The van der Waals surface area contributed by atoms with Gasteiger partial charge in [0.05, 0.1) is 5.56 Å². The summed E-state index contributed by atoms with van der Waals surface area (Å²) in [6.07, 6.45) is 2.89. The van der Waals surface area contributed by atoms with Crippen LogP contribution in [0.3, 0.4) is 0 Å². The van der Waals surface area contributed by atoms with Gasteiger partial charge in [0, 0.05) is 18.8 Å². The Morgan fingerprint density at radius 3 is 2.82 bits per heavy atom. The van der Waals surface area contributed by atoms with Gasteiger partial charge in [0.15, 0.2) is 0 Å². The third-order valence-electron chi connectivity index (χ3n) is 2.67. The van der Waals surface area contributed by atoms with Crippen molar-refractivity contribution in [3.63, 3.8) is 0 Å². The van der Waals surface area contributed by atoms with Crippen molar-refractivity contribution in [3.8, 4) is 0 Å². The molecule has 0 atom stereocenters. The highest BCUT2D eigenvalue weighted by Gasteiger charge is 2.20. The minimum atomic E-state index is -0.237. The summed E-state index contributed by atoms with van der Waals surface area (Å²) in [5.41, 5.74) is 1.41. The van der Waals surface area contributed by atoms with Gasteiger partial charge in [-0.1, -0.05) is 13.8 Å². The molecule has 0 saturated carbocycles. The number of aromatic nitrogens is 3. The van der Waals surface area contributed by atoms with Crippen LogP contribution in [0.25, 0.3) is 5.52 Å². The van der Waals surface area contributed by atoms with E-state index in [4.69, 9.17) is 0 Å². The number of carbonyl (C=O) groups excluding carboxylic acids is 1. The number of rotatable bonds is 2. The quantitative estimate of drug-likeness (QED) is 0.794. The van der Waals surface area contributed by atoms with Crippen LogP contribution in [0.15, 0.2) is 17.3 Å². The first-order chi connectivity index (χ1) is 8.06. The molecule has 2 heterocycles. The molecule has 17 heavy (non-hydrogen) atoms. The molecule has 0 aliphatic heterocycles. The molecular weight excluding hydrogens is 220 g/mol. The van der Waals surface area contributed by atoms with Gasteiger partial charge in [0.25, 0.3) is 11.5 Å². The van der Waals surface area contributed by atoms with Gasteiger partial charge in [-0.25, -0.2) is 4.52 Å². The molecule has 0 unspecified atom stereocenters. The first-order valence-corrected chi connectivity index (χ1v) is 5.37. The van der Waals surface area contributed by atoms with E-state index in [-0.39, 0.29) is 17.4 Å². The Bertz CT molecular complexity index is 624. The SMILES string of the molecule is CNC(=O)c1cn2nc[nH]c(=O)c2c1C(C)C. The molecule has 2 aromatic heterocycles. The molecular formula is C11H14N4O2. The van der Waals surface area contributed by atoms with Crippen molar-refractivity contribution in [1.82, 2.24) is 19.9 Å². The maximum atomic E-state index is 11.8. The van der Waals surface area contributed by atoms with Crippen molar-refractivity contribution in [1.29, 1.82) is 0 Å². The van der Waals surface area contributed by atoms with Crippen molar-refractivity contribution >= 4 is 11.4 Å². The van der Waals surface area contributed by atoms with Crippen LogP contribution in [-0.4, -0.2) is 27.6 Å². The zero-order valence-electron chi connectivity index (χ0n) is 9.94. The summed E-state index contributed by atoms with van der Waals surface area (Å²) >= 11 is 0. The predicted octanol–water partition coefficient (Wildman–Crippen LogP) is 0.506. The summed E-state index contributed by atoms with van der Waals surface area (Å²) in [6.45, 7) is 3.88. The lowest BCUT2D eigenvalue weighted by Gasteiger charge is -2.06. The minimum absolute atomic E-state index is 0.0672. The van der Waals surface area contributed by atoms with E-state index in [9.17, 15) is 9.59 Å². The number of H-pyrrole nitrogens is 1. The second kappa shape index (κ2) is 4.04. The molecule has 0 aliphatic rings. The lowest BCUT2D eigenvalue weighted by molar-refractivity contribution is 0.0962. The van der Waals surface area contributed by atoms with Gasteiger partial charge in [0.1, 0.15) is 11.8 Å². The molecule has 90 valence electrons. The van der Waals surface area contributed by atoms with Crippen molar-refractivity contribution in [3.05, 3.63) is 34.0 Å². The Labute approximate surface area is 97.7 Å². The van der Waals surface area contributed by atoms with Gasteiger partial charge in [-0.15, -0.1) is 0 Å². The number of carbonyl (C=O) groups is 1. The van der Waals surface area contributed by atoms with E-state index in [0.717, 1.165) is 5.56 Å². The lowest BCUT2D eigenvalue weighted by Crippen LogP contribution is -2.19. The number of hydrogen-bond donors (Lipinski definition) is 2. The second-order valence-corrected chi connectivity index (χ2v) is 4.10. The van der Waals surface area contributed by atoms with Crippen molar-refractivity contribution in [2.24, 2.45) is 0 Å². The molecule has 2 rings (SSSR count). The number of aromatic amines is 1. The predicted molar refractivity (Wildman–Crippen MR) is 63.3 cm³/mol. The Morgan fingerprint density at radius 1 is 1.53 bits per heavy atom. The molecule has 2 aromatic rings. The first-order valence-electron chi connectivity index (χ1n) is 5.37. The second-order valence-electron chi connectivity index (χ2n) is 4.10. The minimum Gasteiger partial charge on any atom is -0.355 e. The highest BCUT2D eigenvalue weighted by molar-refractivity contribution is 5.97. The zero-order chi connectivity index (χ0) is 12.6. The molecule has 0 fully saturated rings. The molecule has 0 aromatic carbocycles. The van der Waals surface area contributed by atoms with Crippen LogP contribution in [0.5, 0.6) is 0 Å². The van der Waals surface area contributed by atoms with Gasteiger partial charge in [-0.05, 0) is 5.92 Å². The van der Waals surface area contributed by atoms with Gasteiger partial charge >= 0.3 is 0 Å². The fourth-order valence-corrected chi connectivity index (χ4v) is 1.94. The number of hydrogen-bond acceptors (Lipinski definition) is 3. The molecule has 6 heteroatoms. The fourth-order valence-electron chi connectivity index (χ4n) is 1.94. The summed E-state index contributed by atoms with van der Waals surface area (Å²) in [5.74, 6) is -0.142. The molecule has 0 radical (unpaired) electrons. The Hall–Kier alpha value is -2.11. The highest BCUT2D eigenvalue weighted by atomic mass is 16.1. The summed E-state index contributed by atoms with van der Waals surface area (Å²) in [7, 11) is 1.56. The summed E-state index contributed by atoms with van der Waals surface area (Å²) in [6, 6.07) is 0. The van der Waals surface area contributed by atoms with Crippen molar-refractivity contribution < 1.29 is 4.79 Å². The van der Waals surface area contributed by atoms with Crippen LogP contribution >= 0.6 is 0 Å². The standard InChI is InChI=1S/C11H14N4O2/c1-6(2)8-7(10(16)12-3)4-15-9(8)11(17)13-5-14-15/h4-6H,1-3H3,(H,12,16)(H,13,14,17). The van der Waals surface area contributed by atoms with E-state index < -0.39 is 0 Å². The molecule has 0 aliphatic carbocycles. The first kappa shape index (κ1) is 11.4. The maximum Gasteiger partial charge on any atom is 0.275 e. The van der Waals surface area contributed by atoms with Crippen LogP contribution in [0, 0.1) is 0 Å². The smallest absolute Gasteiger partial charge is 0.275 e. The summed E-state index contributed by atoms with van der Waals surface area (Å²) < 4.78 is 1.44. The molecule has 2 N–H and O–H groups in total. The van der Waals surface area contributed by atoms with E-state index in [1.807, 2.05) is 13.8 Å². The summed E-state index contributed by atoms with van der Waals surface area (Å²) in [5, 5.41) is 6.57. The maximum absolute atomic E-state index is 11.8. The Kier molecular flexibility index (Phi) is 2.71. The fraction of sp³-hybridized carbons (Fsp3) is 0.364. The van der Waals surface area contributed by atoms with Crippen LogP contribution in [0.2, 0.25) is 0 Å². The van der Waals surface area contributed by atoms with Gasteiger partial charge in [-0.2, -0.15) is 5.10 Å². The van der Waals surface area contributed by atoms with Crippen LogP contribution < -0.4 is 10.9 Å². The average molecular weight is 234 g/mol. The highest BCUT2D eigenvalue weighted by Crippen LogP contribution is 2.23. The number of nitrogens with one attached hydrogen (secondary N) is 2. The van der Waals surface area contributed by atoms with Gasteiger partial charge in [-0.3, -0.25) is 9.59 Å². The van der Waals surface area contributed by atoms with E-state index in [1.165, 1.54) is 10.8 Å². The number of amides is 1. The third-order valence-corrected chi connectivity index (χ3v) is 2.67. The molecule has 0 saturated heterocycles. The largest absolute Gasteiger partial charge is 0.355 e. The van der Waals surface area contributed by atoms with Crippen LogP contribution in [-0.2, 0) is 0 Å². The van der Waals surface area contributed by atoms with E-state index >= 15 is 0 Å². The van der Waals surface area contributed by atoms with Gasteiger partial charge in [0.2, 0.25) is 0 Å². The van der Waals surface area contributed by atoms with E-state index in [0.29, 0.717) is 11.1 Å². The zero-order valence-corrected chi connectivity index (χ0v) is 9.94. The normalized spacial score (nSPS) is 11.1. The number of nitrogens with zero attached hydrogens (tertiary/aromatic N) is 2. The molecule has 0 spiro atoms. The third kappa shape index (κ3) is 1.71. The summed E-state index contributed by atoms with van der Waals surface area (Å²) in [4.78, 5) is 26.1. The molecule has 0 bridgehead atoms. The van der Waals surface area contributed by atoms with E-state index in [2.05, 4.69) is 15.4 Å². The number of fused-ring (bicyclic) bond motifs is 1. The van der Waals surface area contributed by atoms with Crippen molar-refractivity contribution in [2.75, 3.05) is 7.05 Å². The molecule has 1 amide bonds. The topological polar surface area (TPSA) is 79.3 Å². The average Bonchev–Trinajstić information content (AvgIpc) is 2.68. The van der Waals surface area contributed by atoms with Gasteiger partial charge < -0.3 is 10.3 Å². The Balaban J connectivity index is 2.86. The monoisotopic (exact) mass is 234 g/mol. The lowest BCUT2D eigenvalue weighted by atomic mass is 10.00. The van der Waals surface area contributed by atoms with Crippen molar-refractivity contribution in [2.45, 2.75) is 19.8 Å². The van der Waals surface area contributed by atoms with Crippen LogP contribution in [0.4, 0.5) is 0 Å². The Morgan fingerprint density at radius 2 is 2.24 bits per heavy atom. The van der Waals surface area contributed by atoms with E-state index in [1.54, 1.807) is 13.2 Å². The van der Waals surface area contributed by atoms with Crippen LogP contribution in [0.1, 0.15) is 35.7 Å².